The third kappa shape index (κ3) is 5.50. The number of anilines is 1. The van der Waals surface area contributed by atoms with Crippen LogP contribution >= 0.6 is 34.5 Å². The molecule has 0 fully saturated rings. The van der Waals surface area contributed by atoms with Gasteiger partial charge in [0.15, 0.2) is 11.2 Å². The van der Waals surface area contributed by atoms with Gasteiger partial charge in [-0.25, -0.2) is 24.4 Å². The third-order valence-electron chi connectivity index (χ3n) is 4.76. The van der Waals surface area contributed by atoms with Crippen LogP contribution in [0.3, 0.4) is 0 Å². The highest BCUT2D eigenvalue weighted by molar-refractivity contribution is 7.07. The molecule has 4 aromatic rings. The molecule has 8 nitrogen and oxygen atoms in total. The van der Waals surface area contributed by atoms with Crippen LogP contribution < -0.4 is 14.9 Å². The molecule has 0 bridgehead atoms. The van der Waals surface area contributed by atoms with Crippen molar-refractivity contribution in [1.29, 1.82) is 0 Å². The lowest BCUT2D eigenvalue weighted by Gasteiger charge is -2.18. The Hall–Kier alpha value is -3.35. The third-order valence-corrected chi connectivity index (χ3v) is 6.08. The molecular weight excluding hydrogens is 530 g/mol. The number of aromatic nitrogens is 3. The molecule has 0 saturated carbocycles. The van der Waals surface area contributed by atoms with Gasteiger partial charge in [0.05, 0.1) is 15.6 Å². The molecule has 0 aliphatic carbocycles. The summed E-state index contributed by atoms with van der Waals surface area (Å²) in [7, 11) is 1.55. The fourth-order valence-corrected chi connectivity index (χ4v) is 3.97. The Morgan fingerprint density at radius 2 is 1.97 bits per heavy atom. The van der Waals surface area contributed by atoms with E-state index in [4.69, 9.17) is 23.2 Å². The fourth-order valence-electron chi connectivity index (χ4n) is 3.11. The summed E-state index contributed by atoms with van der Waals surface area (Å²) in [5.74, 6) is -2.38. The lowest BCUT2D eigenvalue weighted by Crippen LogP contribution is -2.51. The van der Waals surface area contributed by atoms with E-state index in [0.717, 1.165) is 5.56 Å². The number of halogens is 5. The van der Waals surface area contributed by atoms with E-state index in [0.29, 0.717) is 20.3 Å². The molecule has 0 spiro atoms. The number of urea groups is 1. The normalized spacial score (nSPS) is 11.5. The van der Waals surface area contributed by atoms with E-state index in [1.165, 1.54) is 33.9 Å². The number of thiazole rings is 1. The Kier molecular flexibility index (Phi) is 6.88. The lowest BCUT2D eigenvalue weighted by molar-refractivity contribution is -0.841. The molecule has 2 amide bonds. The molecule has 2 heterocycles. The van der Waals surface area contributed by atoms with Gasteiger partial charge in [0.25, 0.3) is 0 Å². The van der Waals surface area contributed by atoms with E-state index in [9.17, 15) is 22.8 Å². The number of hydrogen-bond acceptors (Lipinski definition) is 5. The first-order valence-corrected chi connectivity index (χ1v) is 11.4. The van der Waals surface area contributed by atoms with Gasteiger partial charge in [0.1, 0.15) is 0 Å². The van der Waals surface area contributed by atoms with E-state index >= 15 is 0 Å². The van der Waals surface area contributed by atoms with Gasteiger partial charge in [-0.2, -0.15) is 13.2 Å². The Morgan fingerprint density at radius 1 is 1.20 bits per heavy atom. The van der Waals surface area contributed by atoms with E-state index in [1.807, 2.05) is 0 Å². The second kappa shape index (κ2) is 9.72. The van der Waals surface area contributed by atoms with Gasteiger partial charge in [-0.15, -0.1) is 11.3 Å². The van der Waals surface area contributed by atoms with Crippen molar-refractivity contribution < 1.29 is 32.3 Å². The minimum atomic E-state index is -5.21. The van der Waals surface area contributed by atoms with Crippen LogP contribution in [0.4, 0.5) is 23.7 Å². The van der Waals surface area contributed by atoms with Gasteiger partial charge >= 0.3 is 24.0 Å². The van der Waals surface area contributed by atoms with Crippen LogP contribution in [0.5, 0.6) is 0 Å². The standard InChI is InChI=1S/C21H14Cl2F3N5O3S/c1-30(8-11-2-4-13(22)14(23)6-11)20(33)28-12-3-5-15-17(7-12)31(34-19(32)21(24,25)26)18(29-15)16-9-35-10-27-16/h2-7,9-10H,8H2,1H3,(H,28,33)/p+1. The van der Waals surface area contributed by atoms with Crippen LogP contribution in [-0.2, 0) is 11.3 Å². The average molecular weight is 545 g/mol. The molecule has 2 aromatic carbocycles. The van der Waals surface area contributed by atoms with Crippen LogP contribution in [0.2, 0.25) is 10.0 Å². The first-order chi connectivity index (χ1) is 16.5. The van der Waals surface area contributed by atoms with Crippen LogP contribution in [0.25, 0.3) is 22.6 Å². The number of nitrogens with one attached hydrogen (secondary N) is 2. The van der Waals surface area contributed by atoms with Crippen LogP contribution in [0, 0.1) is 0 Å². The van der Waals surface area contributed by atoms with Crippen LogP contribution in [0.1, 0.15) is 5.56 Å². The zero-order valence-corrected chi connectivity index (χ0v) is 20.0. The van der Waals surface area contributed by atoms with E-state index in [2.05, 4.69) is 20.1 Å². The molecule has 0 aliphatic rings. The maximum absolute atomic E-state index is 12.9. The van der Waals surface area contributed by atoms with Gasteiger partial charge in [-0.05, 0) is 34.6 Å². The Morgan fingerprint density at radius 3 is 2.63 bits per heavy atom. The Labute approximate surface area is 209 Å². The minimum absolute atomic E-state index is 0.0269. The summed E-state index contributed by atoms with van der Waals surface area (Å²) in [4.78, 5) is 37.2. The first kappa shape index (κ1) is 24.8. The number of imidazole rings is 1. The van der Waals surface area contributed by atoms with Crippen molar-refractivity contribution in [2.24, 2.45) is 0 Å². The van der Waals surface area contributed by atoms with Crippen molar-refractivity contribution in [1.82, 2.24) is 14.9 Å². The summed E-state index contributed by atoms with van der Waals surface area (Å²) in [5, 5.41) is 4.97. The molecule has 0 aliphatic heterocycles. The smallest absolute Gasteiger partial charge is 0.323 e. The van der Waals surface area contributed by atoms with Crippen molar-refractivity contribution in [3.05, 3.63) is 62.9 Å². The van der Waals surface area contributed by atoms with Crippen molar-refractivity contribution in [2.45, 2.75) is 12.7 Å². The number of amides is 2. The number of hydrogen-bond donors (Lipinski definition) is 2. The number of fused-ring (bicyclic) bond motifs is 1. The first-order valence-electron chi connectivity index (χ1n) is 9.75. The van der Waals surface area contributed by atoms with Crippen LogP contribution in [0.15, 0.2) is 47.3 Å². The SMILES string of the molecule is CN(Cc1ccc(Cl)c(Cl)c1)C(=O)Nc1ccc2[nH]c(-c3cscn3)[n+](OC(=O)C(F)(F)F)c2c1. The number of carbonyl (C=O) groups excluding carboxylic acids is 2. The largest absolute Gasteiger partial charge is 0.495 e. The predicted molar refractivity (Wildman–Crippen MR) is 124 cm³/mol. The molecule has 182 valence electrons. The minimum Gasteiger partial charge on any atom is -0.323 e. The summed E-state index contributed by atoms with van der Waals surface area (Å²) in [6, 6.07) is 8.92. The number of carbonyl (C=O) groups is 2. The number of alkyl halides is 3. The van der Waals surface area contributed by atoms with Crippen molar-refractivity contribution in [2.75, 3.05) is 12.4 Å². The number of rotatable bonds is 5. The van der Waals surface area contributed by atoms with Gasteiger partial charge in [0, 0.05) is 30.7 Å². The summed E-state index contributed by atoms with van der Waals surface area (Å²) < 4.78 is 39.4. The van der Waals surface area contributed by atoms with E-state index < -0.39 is 18.2 Å². The van der Waals surface area contributed by atoms with E-state index in [1.54, 1.807) is 36.7 Å². The topological polar surface area (TPSA) is 91.2 Å². The predicted octanol–water partition coefficient (Wildman–Crippen LogP) is 5.07. The van der Waals surface area contributed by atoms with Crippen molar-refractivity contribution in [3.63, 3.8) is 0 Å². The van der Waals surface area contributed by atoms with Gasteiger partial charge in [-0.1, -0.05) is 29.3 Å². The highest BCUT2D eigenvalue weighted by Gasteiger charge is 2.44. The monoisotopic (exact) mass is 544 g/mol. The zero-order chi connectivity index (χ0) is 25.3. The Bertz CT molecular complexity index is 1410. The molecule has 35 heavy (non-hydrogen) atoms. The molecular formula is C21H15Cl2F3N5O3S+. The zero-order valence-electron chi connectivity index (χ0n) is 17.7. The summed E-state index contributed by atoms with van der Waals surface area (Å²) >= 11 is 13.1. The molecule has 0 radical (unpaired) electrons. The number of nitrogens with zero attached hydrogens (tertiary/aromatic N) is 3. The summed E-state index contributed by atoms with van der Waals surface area (Å²) in [6.07, 6.45) is -5.21. The molecule has 0 saturated heterocycles. The number of aromatic amines is 1. The lowest BCUT2D eigenvalue weighted by atomic mass is 10.2. The maximum Gasteiger partial charge on any atom is 0.495 e. The van der Waals surface area contributed by atoms with Gasteiger partial charge < -0.3 is 10.2 Å². The molecule has 2 aromatic heterocycles. The highest BCUT2D eigenvalue weighted by atomic mass is 35.5. The van der Waals surface area contributed by atoms with Gasteiger partial charge in [0.2, 0.25) is 5.52 Å². The van der Waals surface area contributed by atoms with E-state index in [-0.39, 0.29) is 29.3 Å². The molecule has 4 rings (SSSR count). The summed E-state index contributed by atoms with van der Waals surface area (Å²) in [5.41, 5.74) is 3.17. The molecule has 0 atom stereocenters. The fraction of sp³-hybridized carbons (Fsp3) is 0.143. The molecule has 0 unspecified atom stereocenters. The van der Waals surface area contributed by atoms with Crippen molar-refractivity contribution >= 4 is 63.3 Å². The van der Waals surface area contributed by atoms with Crippen LogP contribution in [-0.4, -0.2) is 40.1 Å². The second-order valence-electron chi connectivity index (χ2n) is 7.28. The second-order valence-corrected chi connectivity index (χ2v) is 8.82. The maximum atomic E-state index is 12.9. The Balaban J connectivity index is 1.61. The number of benzene rings is 2. The average Bonchev–Trinajstić information content (AvgIpc) is 3.44. The number of H-pyrrole nitrogens is 1. The molecule has 14 heteroatoms. The quantitative estimate of drug-likeness (QED) is 0.343. The summed E-state index contributed by atoms with van der Waals surface area (Å²) in [6.45, 7) is 0.215. The molecule has 2 N–H and O–H groups in total. The highest BCUT2D eigenvalue weighted by Crippen LogP contribution is 2.24. The van der Waals surface area contributed by atoms with Gasteiger partial charge in [-0.3, -0.25) is 0 Å². The van der Waals surface area contributed by atoms with Crippen molar-refractivity contribution in [3.8, 4) is 11.5 Å².